The average molecular weight is 661 g/mol. The van der Waals surface area contributed by atoms with Crippen LogP contribution in [-0.2, 0) is 38.6 Å². The van der Waals surface area contributed by atoms with E-state index >= 15 is 0 Å². The number of benzene rings is 4. The van der Waals surface area contributed by atoms with E-state index in [2.05, 4.69) is 10.6 Å². The van der Waals surface area contributed by atoms with Gasteiger partial charge in [0.2, 0.25) is 11.8 Å². The number of cyclic esters (lactones) is 1. The van der Waals surface area contributed by atoms with Gasteiger partial charge in [0.15, 0.2) is 0 Å². The SMILES string of the molecule is O=C(C[C@H]1CC=CC[C@@H](Cc2ccccc2)C(=O)OC[C@@H](c2ccccc2)NC1=O)N[C@H](CO)Cc1ccc(OCc2ccccc2)cc1. The third-order valence-electron chi connectivity index (χ3n) is 8.62. The summed E-state index contributed by atoms with van der Waals surface area (Å²) in [5, 5.41) is 16.1. The van der Waals surface area contributed by atoms with Crippen LogP contribution < -0.4 is 15.4 Å². The Morgan fingerprint density at radius 3 is 2.06 bits per heavy atom. The summed E-state index contributed by atoms with van der Waals surface area (Å²) in [6, 6.07) is 35.6. The Hall–Kier alpha value is -5.21. The molecular weight excluding hydrogens is 616 g/mol. The van der Waals surface area contributed by atoms with E-state index < -0.39 is 18.0 Å². The van der Waals surface area contributed by atoms with Crippen molar-refractivity contribution in [1.82, 2.24) is 10.6 Å². The quantitative estimate of drug-likeness (QED) is 0.129. The van der Waals surface area contributed by atoms with Crippen molar-refractivity contribution in [3.63, 3.8) is 0 Å². The molecule has 5 rings (SSSR count). The molecule has 1 heterocycles. The zero-order valence-corrected chi connectivity index (χ0v) is 27.6. The third kappa shape index (κ3) is 11.2. The van der Waals surface area contributed by atoms with E-state index in [0.717, 1.165) is 28.0 Å². The number of rotatable bonds is 12. The highest BCUT2D eigenvalue weighted by Crippen LogP contribution is 2.22. The maximum atomic E-state index is 13.6. The molecule has 3 N–H and O–H groups in total. The Kier molecular flexibility index (Phi) is 13.2. The lowest BCUT2D eigenvalue weighted by Crippen LogP contribution is -2.42. The predicted molar refractivity (Wildman–Crippen MR) is 188 cm³/mol. The minimum atomic E-state index is -0.662. The maximum absolute atomic E-state index is 13.6. The summed E-state index contributed by atoms with van der Waals surface area (Å²) < 4.78 is 11.7. The maximum Gasteiger partial charge on any atom is 0.309 e. The van der Waals surface area contributed by atoms with Crippen molar-refractivity contribution in [2.45, 2.75) is 50.8 Å². The molecule has 0 aromatic heterocycles. The van der Waals surface area contributed by atoms with Gasteiger partial charge in [-0.15, -0.1) is 0 Å². The van der Waals surface area contributed by atoms with Crippen molar-refractivity contribution in [2.24, 2.45) is 11.8 Å². The number of esters is 1. The number of aliphatic hydroxyl groups excluding tert-OH is 1. The first-order valence-corrected chi connectivity index (χ1v) is 16.8. The van der Waals surface area contributed by atoms with E-state index in [4.69, 9.17) is 9.47 Å². The monoisotopic (exact) mass is 660 g/mol. The topological polar surface area (TPSA) is 114 Å². The second-order valence-electron chi connectivity index (χ2n) is 12.4. The van der Waals surface area contributed by atoms with Crippen LogP contribution >= 0.6 is 0 Å². The van der Waals surface area contributed by atoms with E-state index in [1.54, 1.807) is 0 Å². The Labute approximate surface area is 288 Å². The standard InChI is InChI=1S/C41H44N2O6/c44-27-36(25-31-20-22-37(23-21-31)48-28-32-14-6-2-7-15-32)42-39(45)26-34-18-10-11-19-35(24-30-12-4-1-5-13-30)41(47)49-29-38(43-40(34)46)33-16-8-3-9-17-33/h1-17,20-23,34-36,38,44H,18-19,24-29H2,(H,42,45)(H,43,46)/t34-,35+,36+,38+/m1/s1. The van der Waals surface area contributed by atoms with Crippen LogP contribution in [0.4, 0.5) is 0 Å². The molecule has 0 unspecified atom stereocenters. The molecular formula is C41H44N2O6. The number of nitrogens with one attached hydrogen (secondary N) is 2. The molecule has 254 valence electrons. The van der Waals surface area contributed by atoms with E-state index in [-0.39, 0.29) is 43.3 Å². The Morgan fingerprint density at radius 1 is 0.796 bits per heavy atom. The lowest BCUT2D eigenvalue weighted by Gasteiger charge is -2.25. The number of ether oxygens (including phenoxy) is 2. The molecule has 0 saturated carbocycles. The van der Waals surface area contributed by atoms with Gasteiger partial charge in [-0.25, -0.2) is 0 Å². The molecule has 1 aliphatic rings. The molecule has 4 aromatic carbocycles. The third-order valence-corrected chi connectivity index (χ3v) is 8.62. The highest BCUT2D eigenvalue weighted by Gasteiger charge is 2.28. The van der Waals surface area contributed by atoms with Crippen molar-refractivity contribution in [3.8, 4) is 5.75 Å². The van der Waals surface area contributed by atoms with Gasteiger partial charge in [-0.05, 0) is 60.1 Å². The zero-order valence-electron chi connectivity index (χ0n) is 27.6. The number of hydrogen-bond donors (Lipinski definition) is 3. The predicted octanol–water partition coefficient (Wildman–Crippen LogP) is 5.90. The van der Waals surface area contributed by atoms with Crippen LogP contribution in [-0.4, -0.2) is 42.1 Å². The van der Waals surface area contributed by atoms with Gasteiger partial charge in [0, 0.05) is 6.42 Å². The summed E-state index contributed by atoms with van der Waals surface area (Å²) in [4.78, 5) is 40.1. The molecule has 0 aliphatic carbocycles. The number of carbonyl (C=O) groups is 3. The first-order valence-electron chi connectivity index (χ1n) is 16.8. The summed E-state index contributed by atoms with van der Waals surface area (Å²) in [6.45, 7) is 0.190. The van der Waals surface area contributed by atoms with E-state index in [9.17, 15) is 19.5 Å². The summed E-state index contributed by atoms with van der Waals surface area (Å²) >= 11 is 0. The smallest absolute Gasteiger partial charge is 0.309 e. The number of aliphatic hydroxyl groups is 1. The van der Waals surface area contributed by atoms with E-state index in [0.29, 0.717) is 32.3 Å². The van der Waals surface area contributed by atoms with Gasteiger partial charge in [0.05, 0.1) is 30.5 Å². The van der Waals surface area contributed by atoms with Gasteiger partial charge in [0.1, 0.15) is 19.0 Å². The van der Waals surface area contributed by atoms with Crippen LogP contribution in [0.1, 0.15) is 47.6 Å². The number of carbonyl (C=O) groups excluding carboxylic acids is 3. The van der Waals surface area contributed by atoms with Crippen LogP contribution in [0.5, 0.6) is 5.75 Å². The molecule has 0 saturated heterocycles. The molecule has 0 radical (unpaired) electrons. The minimum absolute atomic E-state index is 0.0226. The molecule has 0 spiro atoms. The second-order valence-corrected chi connectivity index (χ2v) is 12.4. The Balaban J connectivity index is 1.22. The molecule has 4 atom stereocenters. The summed E-state index contributed by atoms with van der Waals surface area (Å²) in [6.07, 6.45) is 5.43. The van der Waals surface area contributed by atoms with Gasteiger partial charge >= 0.3 is 5.97 Å². The van der Waals surface area contributed by atoms with Gasteiger partial charge in [-0.3, -0.25) is 14.4 Å². The molecule has 8 heteroatoms. The van der Waals surface area contributed by atoms with Gasteiger partial charge in [0.25, 0.3) is 0 Å². The molecule has 4 aromatic rings. The summed E-state index contributed by atoms with van der Waals surface area (Å²) in [7, 11) is 0. The van der Waals surface area contributed by atoms with Crippen LogP contribution in [0.3, 0.4) is 0 Å². The fourth-order valence-electron chi connectivity index (χ4n) is 5.86. The van der Waals surface area contributed by atoms with Gasteiger partial charge < -0.3 is 25.2 Å². The van der Waals surface area contributed by atoms with Crippen LogP contribution in [0, 0.1) is 11.8 Å². The molecule has 0 bridgehead atoms. The number of hydrogen-bond acceptors (Lipinski definition) is 6. The number of allylic oxidation sites excluding steroid dienone is 2. The van der Waals surface area contributed by atoms with Crippen molar-refractivity contribution < 1.29 is 29.0 Å². The second kappa shape index (κ2) is 18.4. The van der Waals surface area contributed by atoms with Crippen molar-refractivity contribution >= 4 is 17.8 Å². The summed E-state index contributed by atoms with van der Waals surface area (Å²) in [5.74, 6) is -1.27. The van der Waals surface area contributed by atoms with E-state index in [1.165, 1.54) is 0 Å². The molecule has 8 nitrogen and oxygen atoms in total. The van der Waals surface area contributed by atoms with Crippen LogP contribution in [0.2, 0.25) is 0 Å². The lowest BCUT2D eigenvalue weighted by molar-refractivity contribution is -0.150. The van der Waals surface area contributed by atoms with Crippen molar-refractivity contribution in [2.75, 3.05) is 13.2 Å². The Bertz CT molecular complexity index is 1640. The molecule has 0 fully saturated rings. The van der Waals surface area contributed by atoms with Gasteiger partial charge in [-0.1, -0.05) is 115 Å². The van der Waals surface area contributed by atoms with Gasteiger partial charge in [-0.2, -0.15) is 0 Å². The fourth-order valence-corrected chi connectivity index (χ4v) is 5.86. The zero-order chi connectivity index (χ0) is 34.3. The highest BCUT2D eigenvalue weighted by molar-refractivity contribution is 5.86. The normalized spacial score (nSPS) is 19.0. The highest BCUT2D eigenvalue weighted by atomic mass is 16.5. The lowest BCUT2D eigenvalue weighted by atomic mass is 9.94. The molecule has 1 aliphatic heterocycles. The van der Waals surface area contributed by atoms with Crippen molar-refractivity contribution in [1.29, 1.82) is 0 Å². The average Bonchev–Trinajstić information content (AvgIpc) is 3.14. The van der Waals surface area contributed by atoms with E-state index in [1.807, 2.05) is 127 Å². The minimum Gasteiger partial charge on any atom is -0.489 e. The molecule has 49 heavy (non-hydrogen) atoms. The first kappa shape index (κ1) is 35.1. The first-order chi connectivity index (χ1) is 24.0. The van der Waals surface area contributed by atoms with Crippen LogP contribution in [0.15, 0.2) is 127 Å². The largest absolute Gasteiger partial charge is 0.489 e. The Morgan fingerprint density at radius 2 is 1.41 bits per heavy atom. The fraction of sp³-hybridized carbons (Fsp3) is 0.293. The molecule has 2 amide bonds. The number of amides is 2. The van der Waals surface area contributed by atoms with Crippen molar-refractivity contribution in [3.05, 3.63) is 150 Å². The summed E-state index contributed by atoms with van der Waals surface area (Å²) in [5.41, 5.74) is 3.85. The van der Waals surface area contributed by atoms with Crippen LogP contribution in [0.25, 0.3) is 0 Å².